The van der Waals surface area contributed by atoms with Crippen molar-refractivity contribution >= 4 is 23.5 Å². The van der Waals surface area contributed by atoms with E-state index in [-0.39, 0.29) is 30.3 Å². The summed E-state index contributed by atoms with van der Waals surface area (Å²) < 4.78 is 48.2. The fourth-order valence-electron chi connectivity index (χ4n) is 2.82. The van der Waals surface area contributed by atoms with E-state index in [1.807, 2.05) is 0 Å². The van der Waals surface area contributed by atoms with Crippen LogP contribution >= 0.6 is 11.6 Å². The molecule has 0 unspecified atom stereocenters. The Morgan fingerprint density at radius 2 is 1.67 bits per heavy atom. The summed E-state index contributed by atoms with van der Waals surface area (Å²) in [5, 5.41) is 12.0. The monoisotopic (exact) mass is 522 g/mol. The van der Waals surface area contributed by atoms with Gasteiger partial charge in [0.05, 0.1) is 5.56 Å². The smallest absolute Gasteiger partial charge is 0.422 e. The van der Waals surface area contributed by atoms with Gasteiger partial charge < -0.3 is 19.9 Å². The lowest BCUT2D eigenvalue weighted by Crippen LogP contribution is -2.21. The Kier molecular flexibility index (Phi) is 9.07. The van der Waals surface area contributed by atoms with E-state index in [9.17, 15) is 18.0 Å². The summed E-state index contributed by atoms with van der Waals surface area (Å²) in [6.45, 7) is 2.78. The van der Waals surface area contributed by atoms with E-state index in [0.717, 1.165) is 11.1 Å². The van der Waals surface area contributed by atoms with E-state index < -0.39 is 24.8 Å². The van der Waals surface area contributed by atoms with Gasteiger partial charge in [-0.25, -0.2) is 4.79 Å². The third-order valence-corrected chi connectivity index (χ3v) is 4.97. The van der Waals surface area contributed by atoms with Gasteiger partial charge in [-0.2, -0.15) is 28.1 Å². The van der Waals surface area contributed by atoms with Gasteiger partial charge in [-0.15, -0.1) is 11.6 Å². The standard InChI is InChI=1S/C24H22ClF3N4O4/c1-15(11-25)13-35-19-8-4-17(5-9-19)12-29-22-30-20(31-23(32-22)36-14-24(26,27)28)10-16-2-6-18(7-3-16)21(33)34/h2-9H,1,10-14H2,(H,33,34)(H,29,30,31,32). The number of carboxylic acids is 1. The normalized spacial score (nSPS) is 11.1. The molecule has 2 N–H and O–H groups in total. The number of nitrogens with one attached hydrogen (secondary N) is 1. The number of nitrogens with zero attached hydrogens (tertiary/aromatic N) is 3. The van der Waals surface area contributed by atoms with Crippen molar-refractivity contribution in [3.8, 4) is 11.8 Å². The number of aromatic nitrogens is 3. The highest BCUT2D eigenvalue weighted by atomic mass is 35.5. The molecule has 36 heavy (non-hydrogen) atoms. The molecule has 0 aliphatic rings. The van der Waals surface area contributed by atoms with Crippen LogP contribution in [0.15, 0.2) is 60.7 Å². The minimum Gasteiger partial charge on any atom is -0.489 e. The number of alkyl halides is 4. The Morgan fingerprint density at radius 3 is 2.28 bits per heavy atom. The molecule has 190 valence electrons. The lowest BCUT2D eigenvalue weighted by Gasteiger charge is -2.12. The summed E-state index contributed by atoms with van der Waals surface area (Å²) in [6.07, 6.45) is -4.44. The van der Waals surface area contributed by atoms with Crippen LogP contribution in [0.4, 0.5) is 19.1 Å². The van der Waals surface area contributed by atoms with Gasteiger partial charge in [-0.05, 0) is 41.0 Å². The zero-order valence-corrected chi connectivity index (χ0v) is 19.6. The van der Waals surface area contributed by atoms with Gasteiger partial charge in [0.15, 0.2) is 6.61 Å². The highest BCUT2D eigenvalue weighted by Gasteiger charge is 2.29. The summed E-state index contributed by atoms with van der Waals surface area (Å²) >= 11 is 5.68. The minimum atomic E-state index is -4.56. The SMILES string of the molecule is C=C(CCl)COc1ccc(CNc2nc(Cc3ccc(C(=O)O)cc3)nc(OCC(F)(F)F)n2)cc1. The zero-order valence-electron chi connectivity index (χ0n) is 18.9. The second-order valence-corrected chi connectivity index (χ2v) is 7.88. The highest BCUT2D eigenvalue weighted by molar-refractivity contribution is 6.19. The molecular formula is C24H22ClF3N4O4. The summed E-state index contributed by atoms with van der Waals surface area (Å²) in [7, 11) is 0. The average Bonchev–Trinajstić information content (AvgIpc) is 2.85. The van der Waals surface area contributed by atoms with Crippen LogP contribution in [-0.4, -0.2) is 51.3 Å². The van der Waals surface area contributed by atoms with Gasteiger partial charge in [0.2, 0.25) is 5.95 Å². The lowest BCUT2D eigenvalue weighted by atomic mass is 10.1. The van der Waals surface area contributed by atoms with Crippen molar-refractivity contribution in [3.63, 3.8) is 0 Å². The fourth-order valence-corrected chi connectivity index (χ4v) is 2.90. The van der Waals surface area contributed by atoms with Crippen molar-refractivity contribution in [3.05, 3.63) is 83.2 Å². The van der Waals surface area contributed by atoms with Crippen molar-refractivity contribution < 1.29 is 32.5 Å². The number of rotatable bonds is 12. The number of halogens is 4. The first-order valence-corrected chi connectivity index (χ1v) is 11.1. The van der Waals surface area contributed by atoms with Crippen molar-refractivity contribution in [2.75, 3.05) is 24.4 Å². The van der Waals surface area contributed by atoms with Crippen LogP contribution in [0.2, 0.25) is 0 Å². The van der Waals surface area contributed by atoms with Gasteiger partial charge in [0, 0.05) is 18.8 Å². The quantitative estimate of drug-likeness (QED) is 0.256. The lowest BCUT2D eigenvalue weighted by molar-refractivity contribution is -0.154. The second-order valence-electron chi connectivity index (χ2n) is 7.61. The van der Waals surface area contributed by atoms with E-state index >= 15 is 0 Å². The first kappa shape index (κ1) is 26.7. The molecule has 0 fully saturated rings. The Bertz CT molecular complexity index is 1190. The molecule has 0 spiro atoms. The van der Waals surface area contributed by atoms with Crippen LogP contribution < -0.4 is 14.8 Å². The Labute approximate surface area is 209 Å². The maximum Gasteiger partial charge on any atom is 0.422 e. The van der Waals surface area contributed by atoms with Crippen LogP contribution in [0.1, 0.15) is 27.3 Å². The van der Waals surface area contributed by atoms with Gasteiger partial charge in [-0.3, -0.25) is 0 Å². The van der Waals surface area contributed by atoms with E-state index in [1.54, 1.807) is 36.4 Å². The summed E-state index contributed by atoms with van der Waals surface area (Å²) in [6, 6.07) is 12.6. The number of carboxylic acid groups (broad SMARTS) is 1. The second kappa shape index (κ2) is 12.2. The molecule has 2 aromatic carbocycles. The van der Waals surface area contributed by atoms with Crippen LogP contribution in [0.5, 0.6) is 11.8 Å². The van der Waals surface area contributed by atoms with Crippen molar-refractivity contribution in [2.45, 2.75) is 19.1 Å². The maximum absolute atomic E-state index is 12.6. The molecule has 0 amide bonds. The zero-order chi connectivity index (χ0) is 26.1. The third kappa shape index (κ3) is 8.73. The van der Waals surface area contributed by atoms with Gasteiger partial charge >= 0.3 is 18.2 Å². The Morgan fingerprint density at radius 1 is 1.00 bits per heavy atom. The molecule has 0 bridgehead atoms. The largest absolute Gasteiger partial charge is 0.489 e. The fraction of sp³-hybridized carbons (Fsp3) is 0.250. The van der Waals surface area contributed by atoms with Crippen molar-refractivity contribution in [1.29, 1.82) is 0 Å². The molecule has 12 heteroatoms. The Hall–Kier alpha value is -3.86. The molecule has 0 saturated carbocycles. The van der Waals surface area contributed by atoms with Gasteiger partial charge in [0.25, 0.3) is 0 Å². The van der Waals surface area contributed by atoms with E-state index in [1.165, 1.54) is 12.1 Å². The molecule has 0 atom stereocenters. The molecule has 0 aliphatic heterocycles. The number of aromatic carboxylic acids is 1. The van der Waals surface area contributed by atoms with Crippen LogP contribution in [0.3, 0.4) is 0 Å². The van der Waals surface area contributed by atoms with Gasteiger partial charge in [-0.1, -0.05) is 30.8 Å². The van der Waals surface area contributed by atoms with Crippen LogP contribution in [-0.2, 0) is 13.0 Å². The van der Waals surface area contributed by atoms with Gasteiger partial charge in [0.1, 0.15) is 18.2 Å². The maximum atomic E-state index is 12.6. The summed E-state index contributed by atoms with van der Waals surface area (Å²) in [4.78, 5) is 23.2. The molecule has 3 aromatic rings. The summed E-state index contributed by atoms with van der Waals surface area (Å²) in [5.41, 5.74) is 2.34. The molecule has 1 heterocycles. The first-order valence-electron chi connectivity index (χ1n) is 10.6. The first-order chi connectivity index (χ1) is 17.1. The number of anilines is 1. The molecule has 3 rings (SSSR count). The molecule has 8 nitrogen and oxygen atoms in total. The molecule has 0 saturated heterocycles. The predicted octanol–water partition coefficient (Wildman–Crippen LogP) is 4.89. The molecule has 0 radical (unpaired) electrons. The van der Waals surface area contributed by atoms with E-state index in [4.69, 9.17) is 26.2 Å². The van der Waals surface area contributed by atoms with E-state index in [0.29, 0.717) is 23.8 Å². The van der Waals surface area contributed by atoms with Crippen LogP contribution in [0.25, 0.3) is 0 Å². The Balaban J connectivity index is 1.71. The molecule has 1 aromatic heterocycles. The number of hydrogen-bond acceptors (Lipinski definition) is 7. The summed E-state index contributed by atoms with van der Waals surface area (Å²) in [5.74, 6) is 0.0350. The number of hydrogen-bond donors (Lipinski definition) is 2. The number of ether oxygens (including phenoxy) is 2. The molecular weight excluding hydrogens is 501 g/mol. The van der Waals surface area contributed by atoms with Crippen molar-refractivity contribution in [2.24, 2.45) is 0 Å². The topological polar surface area (TPSA) is 106 Å². The van der Waals surface area contributed by atoms with E-state index in [2.05, 4.69) is 26.8 Å². The van der Waals surface area contributed by atoms with Crippen molar-refractivity contribution in [1.82, 2.24) is 15.0 Å². The average molecular weight is 523 g/mol. The third-order valence-electron chi connectivity index (χ3n) is 4.60. The highest BCUT2D eigenvalue weighted by Crippen LogP contribution is 2.19. The predicted molar refractivity (Wildman–Crippen MR) is 127 cm³/mol. The number of carbonyl (C=O) groups is 1. The number of benzene rings is 2. The van der Waals surface area contributed by atoms with Crippen LogP contribution in [0, 0.1) is 0 Å². The minimum absolute atomic E-state index is 0.0260. The molecule has 0 aliphatic carbocycles.